The monoisotopic (exact) mass is 244 g/mol. The maximum Gasteiger partial charge on any atom is 0.169 e. The molecule has 0 radical (unpaired) electrons. The highest BCUT2D eigenvalue weighted by molar-refractivity contribution is 6.06. The average Bonchev–Trinajstić information content (AvgIpc) is 2.34. The summed E-state index contributed by atoms with van der Waals surface area (Å²) in [6.07, 6.45) is 3.21. The van der Waals surface area contributed by atoms with Crippen molar-refractivity contribution in [1.82, 2.24) is 0 Å². The maximum absolute atomic E-state index is 12.3. The highest BCUT2D eigenvalue weighted by atomic mass is 16.3. The first-order chi connectivity index (χ1) is 8.45. The first-order valence-electron chi connectivity index (χ1n) is 6.50. The van der Waals surface area contributed by atoms with E-state index in [0.29, 0.717) is 5.92 Å². The number of allylic oxidation sites excluding steroid dienone is 1. The van der Waals surface area contributed by atoms with E-state index in [0.717, 1.165) is 24.0 Å². The third kappa shape index (κ3) is 2.07. The summed E-state index contributed by atoms with van der Waals surface area (Å²) in [5.74, 6) is 0.679. The Hall–Kier alpha value is -1.57. The van der Waals surface area contributed by atoms with Gasteiger partial charge in [0.1, 0.15) is 5.76 Å². The molecule has 0 aliphatic heterocycles. The lowest BCUT2D eigenvalue weighted by atomic mass is 9.69. The SMILES string of the molecule is CC(C)CC[C@]1(C)C(=O)C=C(O)c2ccccc21. The van der Waals surface area contributed by atoms with Crippen molar-refractivity contribution >= 4 is 11.5 Å². The fourth-order valence-electron chi connectivity index (χ4n) is 2.52. The van der Waals surface area contributed by atoms with Crippen LogP contribution in [0, 0.1) is 5.92 Å². The number of carbonyl (C=O) groups excluding carboxylic acids is 1. The van der Waals surface area contributed by atoms with Crippen LogP contribution in [0.4, 0.5) is 0 Å². The van der Waals surface area contributed by atoms with Gasteiger partial charge in [0.05, 0.1) is 5.41 Å². The topological polar surface area (TPSA) is 37.3 Å². The summed E-state index contributed by atoms with van der Waals surface area (Å²) in [5, 5.41) is 9.88. The van der Waals surface area contributed by atoms with Crippen LogP contribution in [0.2, 0.25) is 0 Å². The Morgan fingerprint density at radius 1 is 1.28 bits per heavy atom. The predicted molar refractivity (Wildman–Crippen MR) is 73.5 cm³/mol. The van der Waals surface area contributed by atoms with Crippen molar-refractivity contribution in [3.63, 3.8) is 0 Å². The van der Waals surface area contributed by atoms with E-state index in [-0.39, 0.29) is 11.5 Å². The van der Waals surface area contributed by atoms with Gasteiger partial charge in [-0.3, -0.25) is 4.79 Å². The molecule has 1 aromatic carbocycles. The first kappa shape index (κ1) is 12.9. The Balaban J connectivity index is 2.45. The third-order valence-corrected chi connectivity index (χ3v) is 3.83. The number of ketones is 1. The van der Waals surface area contributed by atoms with Crippen molar-refractivity contribution < 1.29 is 9.90 Å². The molecule has 0 saturated carbocycles. The second-order valence-corrected chi connectivity index (χ2v) is 5.70. The van der Waals surface area contributed by atoms with Gasteiger partial charge in [-0.25, -0.2) is 0 Å². The van der Waals surface area contributed by atoms with Gasteiger partial charge in [-0.1, -0.05) is 38.1 Å². The molecule has 2 rings (SSSR count). The lowest BCUT2D eigenvalue weighted by molar-refractivity contribution is -0.119. The van der Waals surface area contributed by atoms with Crippen LogP contribution in [0.25, 0.3) is 5.76 Å². The summed E-state index contributed by atoms with van der Waals surface area (Å²) in [6.45, 7) is 6.31. The van der Waals surface area contributed by atoms with E-state index in [1.807, 2.05) is 31.2 Å². The largest absolute Gasteiger partial charge is 0.507 e. The van der Waals surface area contributed by atoms with Crippen LogP contribution in [0.5, 0.6) is 0 Å². The predicted octanol–water partition coefficient (Wildman–Crippen LogP) is 3.86. The summed E-state index contributed by atoms with van der Waals surface area (Å²) in [7, 11) is 0. The van der Waals surface area contributed by atoms with Crippen molar-refractivity contribution in [1.29, 1.82) is 0 Å². The Bertz CT molecular complexity index is 500. The number of fused-ring (bicyclic) bond motifs is 1. The highest BCUT2D eigenvalue weighted by Gasteiger charge is 2.38. The van der Waals surface area contributed by atoms with Crippen LogP contribution in [-0.4, -0.2) is 10.9 Å². The molecule has 1 atom stereocenters. The molecule has 0 spiro atoms. The molecule has 0 fully saturated rings. The van der Waals surface area contributed by atoms with E-state index in [9.17, 15) is 9.90 Å². The molecule has 0 bridgehead atoms. The zero-order chi connectivity index (χ0) is 13.3. The molecule has 1 N–H and O–H groups in total. The van der Waals surface area contributed by atoms with Gasteiger partial charge in [0.15, 0.2) is 5.78 Å². The zero-order valence-electron chi connectivity index (χ0n) is 11.2. The summed E-state index contributed by atoms with van der Waals surface area (Å²) in [6, 6.07) is 7.65. The zero-order valence-corrected chi connectivity index (χ0v) is 11.2. The van der Waals surface area contributed by atoms with Crippen molar-refractivity contribution in [2.24, 2.45) is 5.92 Å². The summed E-state index contributed by atoms with van der Waals surface area (Å²) in [5.41, 5.74) is 1.26. The van der Waals surface area contributed by atoms with E-state index < -0.39 is 5.41 Å². The van der Waals surface area contributed by atoms with Crippen LogP contribution < -0.4 is 0 Å². The molecule has 1 aliphatic rings. The molecule has 2 nitrogen and oxygen atoms in total. The van der Waals surface area contributed by atoms with Gasteiger partial charge in [0.2, 0.25) is 0 Å². The number of rotatable bonds is 3. The fourth-order valence-corrected chi connectivity index (χ4v) is 2.52. The van der Waals surface area contributed by atoms with Crippen molar-refractivity contribution in [3.8, 4) is 0 Å². The Kier molecular flexibility index (Phi) is 3.29. The molecule has 0 aromatic heterocycles. The number of hydrogen-bond acceptors (Lipinski definition) is 2. The molecule has 18 heavy (non-hydrogen) atoms. The summed E-state index contributed by atoms with van der Waals surface area (Å²) >= 11 is 0. The lowest BCUT2D eigenvalue weighted by Crippen LogP contribution is -2.35. The molecule has 0 amide bonds. The molecular formula is C16H20O2. The van der Waals surface area contributed by atoms with Crippen LogP contribution in [0.15, 0.2) is 30.3 Å². The minimum atomic E-state index is -0.493. The van der Waals surface area contributed by atoms with Gasteiger partial charge < -0.3 is 5.11 Å². The van der Waals surface area contributed by atoms with Gasteiger partial charge >= 0.3 is 0 Å². The summed E-state index contributed by atoms with van der Waals surface area (Å²) < 4.78 is 0. The number of carbonyl (C=O) groups is 1. The third-order valence-electron chi connectivity index (χ3n) is 3.83. The number of aliphatic hydroxyl groups is 1. The van der Waals surface area contributed by atoms with Gasteiger partial charge in [0.25, 0.3) is 0 Å². The Morgan fingerprint density at radius 2 is 1.94 bits per heavy atom. The maximum atomic E-state index is 12.3. The Labute approximate surface area is 108 Å². The number of aliphatic hydroxyl groups excluding tert-OH is 1. The number of hydrogen-bond donors (Lipinski definition) is 1. The standard InChI is InChI=1S/C16H20O2/c1-11(2)8-9-16(3)13-7-5-4-6-12(13)14(17)10-15(16)18/h4-7,10-11,17H,8-9H2,1-3H3/t16-/m0/s1. The van der Waals surface area contributed by atoms with Gasteiger partial charge in [0, 0.05) is 11.6 Å². The van der Waals surface area contributed by atoms with E-state index in [4.69, 9.17) is 0 Å². The van der Waals surface area contributed by atoms with E-state index >= 15 is 0 Å². The van der Waals surface area contributed by atoms with Crippen LogP contribution in [0.3, 0.4) is 0 Å². The van der Waals surface area contributed by atoms with Crippen molar-refractivity contribution in [2.45, 2.75) is 39.0 Å². The van der Waals surface area contributed by atoms with Crippen LogP contribution in [0.1, 0.15) is 44.7 Å². The Morgan fingerprint density at radius 3 is 2.61 bits per heavy atom. The molecule has 0 unspecified atom stereocenters. The number of benzene rings is 1. The van der Waals surface area contributed by atoms with E-state index in [1.54, 1.807) is 0 Å². The minimum absolute atomic E-state index is 0.0133. The molecule has 0 heterocycles. The second-order valence-electron chi connectivity index (χ2n) is 5.70. The molecular weight excluding hydrogens is 224 g/mol. The molecule has 0 saturated heterocycles. The molecule has 2 heteroatoms. The smallest absolute Gasteiger partial charge is 0.169 e. The van der Waals surface area contributed by atoms with Crippen LogP contribution in [-0.2, 0) is 10.2 Å². The molecule has 1 aromatic rings. The van der Waals surface area contributed by atoms with Crippen LogP contribution >= 0.6 is 0 Å². The van der Waals surface area contributed by atoms with Crippen molar-refractivity contribution in [3.05, 3.63) is 41.5 Å². The fraction of sp³-hybridized carbons (Fsp3) is 0.438. The minimum Gasteiger partial charge on any atom is -0.507 e. The highest BCUT2D eigenvalue weighted by Crippen LogP contribution is 2.39. The first-order valence-corrected chi connectivity index (χ1v) is 6.50. The van der Waals surface area contributed by atoms with E-state index in [1.165, 1.54) is 6.08 Å². The normalized spacial score (nSPS) is 22.9. The molecule has 96 valence electrons. The molecule has 1 aliphatic carbocycles. The van der Waals surface area contributed by atoms with Gasteiger partial charge in [-0.15, -0.1) is 0 Å². The van der Waals surface area contributed by atoms with Crippen molar-refractivity contribution in [2.75, 3.05) is 0 Å². The summed E-state index contributed by atoms with van der Waals surface area (Å²) in [4.78, 5) is 12.3. The second kappa shape index (κ2) is 4.60. The van der Waals surface area contributed by atoms with E-state index in [2.05, 4.69) is 13.8 Å². The van der Waals surface area contributed by atoms with Gasteiger partial charge in [-0.2, -0.15) is 0 Å². The van der Waals surface area contributed by atoms with Gasteiger partial charge in [-0.05, 0) is 31.2 Å². The quantitative estimate of drug-likeness (QED) is 0.876. The lowest BCUT2D eigenvalue weighted by Gasteiger charge is -2.33. The average molecular weight is 244 g/mol.